The van der Waals surface area contributed by atoms with Crippen molar-refractivity contribution >= 4 is 23.3 Å². The largest absolute Gasteiger partial charge is 0.496 e. The average Bonchev–Trinajstić information content (AvgIpc) is 3.31. The molecule has 1 amide bonds. The van der Waals surface area contributed by atoms with Gasteiger partial charge in [-0.25, -0.2) is 9.38 Å². The van der Waals surface area contributed by atoms with Crippen LogP contribution in [-0.2, 0) is 11.4 Å². The monoisotopic (exact) mass is 585 g/mol. The van der Waals surface area contributed by atoms with Crippen LogP contribution < -0.4 is 24.4 Å². The highest BCUT2D eigenvalue weighted by atomic mass is 32.1. The van der Waals surface area contributed by atoms with E-state index in [1.165, 1.54) is 17.4 Å². The Kier molecular flexibility index (Phi) is 8.68. The Bertz CT molecular complexity index is 1840. The third kappa shape index (κ3) is 5.52. The van der Waals surface area contributed by atoms with E-state index < -0.39 is 6.04 Å². The second kappa shape index (κ2) is 12.6. The first-order chi connectivity index (χ1) is 20.4. The number of hydrogen-bond donors (Lipinski definition) is 0. The standard InChI is InChI=1S/C33H32FN3O4S/c1-5-36(6-2)32(39)29-21(3)35-33-37(30(29)24-15-9-12-18-27(24)40-4)31(38)28(42-33)19-22-13-8-11-17-26(22)41-20-23-14-7-10-16-25(23)34/h7-19,30H,5-6,20H2,1-4H3/b28-19+/t30-/m0/s1. The quantitative estimate of drug-likeness (QED) is 0.282. The summed E-state index contributed by atoms with van der Waals surface area (Å²) in [6.45, 7) is 6.76. The molecule has 4 aromatic rings. The van der Waals surface area contributed by atoms with E-state index in [1.807, 2.05) is 63.2 Å². The van der Waals surface area contributed by atoms with Crippen LogP contribution in [0.15, 0.2) is 93.9 Å². The van der Waals surface area contributed by atoms with Crippen LogP contribution in [0.25, 0.3) is 6.08 Å². The first kappa shape index (κ1) is 29.0. The molecule has 1 atom stereocenters. The Balaban J connectivity index is 1.64. The van der Waals surface area contributed by atoms with Gasteiger partial charge in [-0.15, -0.1) is 0 Å². The van der Waals surface area contributed by atoms with Crippen LogP contribution >= 0.6 is 11.3 Å². The number of carbonyl (C=O) groups excluding carboxylic acids is 1. The number of methoxy groups -OCH3 is 1. The first-order valence-electron chi connectivity index (χ1n) is 13.8. The average molecular weight is 586 g/mol. The van der Waals surface area contributed by atoms with E-state index in [2.05, 4.69) is 0 Å². The molecule has 0 bridgehead atoms. The van der Waals surface area contributed by atoms with Gasteiger partial charge in [0, 0.05) is 29.8 Å². The van der Waals surface area contributed by atoms with Gasteiger partial charge in [0.2, 0.25) is 0 Å². The minimum Gasteiger partial charge on any atom is -0.496 e. The highest BCUT2D eigenvalue weighted by molar-refractivity contribution is 7.07. The molecule has 1 aliphatic rings. The molecule has 2 heterocycles. The number of allylic oxidation sites excluding steroid dienone is 1. The van der Waals surface area contributed by atoms with E-state index in [9.17, 15) is 14.0 Å². The van der Waals surface area contributed by atoms with Crippen LogP contribution in [0.1, 0.15) is 43.5 Å². The highest BCUT2D eigenvalue weighted by Gasteiger charge is 2.35. The van der Waals surface area contributed by atoms with E-state index in [1.54, 1.807) is 46.9 Å². The minimum absolute atomic E-state index is 0.0442. The number of nitrogens with zero attached hydrogens (tertiary/aromatic N) is 3. The van der Waals surface area contributed by atoms with Crippen LogP contribution in [0.4, 0.5) is 4.39 Å². The lowest BCUT2D eigenvalue weighted by atomic mass is 9.94. The van der Waals surface area contributed by atoms with Crippen LogP contribution in [0.2, 0.25) is 0 Å². The number of aromatic nitrogens is 1. The van der Waals surface area contributed by atoms with Crippen LogP contribution in [0.5, 0.6) is 11.5 Å². The molecule has 0 unspecified atom stereocenters. The molecule has 0 saturated heterocycles. The summed E-state index contributed by atoms with van der Waals surface area (Å²) in [7, 11) is 1.57. The zero-order chi connectivity index (χ0) is 29.8. The molecule has 0 saturated carbocycles. The van der Waals surface area contributed by atoms with Crippen molar-refractivity contribution in [3.8, 4) is 11.5 Å². The minimum atomic E-state index is -0.722. The number of amides is 1. The third-order valence-corrected chi connectivity index (χ3v) is 8.27. The van der Waals surface area contributed by atoms with Gasteiger partial charge in [0.15, 0.2) is 4.80 Å². The third-order valence-electron chi connectivity index (χ3n) is 7.28. The Morgan fingerprint density at radius 3 is 2.40 bits per heavy atom. The SMILES string of the molecule is CCN(CC)C(=O)C1=C(C)N=c2s/c(=C/c3ccccc3OCc3ccccc3F)c(=O)n2[C@H]1c1ccccc1OC. The topological polar surface area (TPSA) is 73.1 Å². The number of fused-ring (bicyclic) bond motifs is 1. The van der Waals surface area contributed by atoms with Crippen LogP contribution in [0.3, 0.4) is 0 Å². The summed E-state index contributed by atoms with van der Waals surface area (Å²) in [4.78, 5) is 34.9. The molecule has 0 spiro atoms. The zero-order valence-corrected chi connectivity index (χ0v) is 24.8. The van der Waals surface area contributed by atoms with Gasteiger partial charge in [0.1, 0.15) is 30.0 Å². The molecule has 1 aliphatic heterocycles. The molecule has 9 heteroatoms. The summed E-state index contributed by atoms with van der Waals surface area (Å²) in [5.74, 6) is 0.577. The number of ether oxygens (including phenoxy) is 2. The fourth-order valence-electron chi connectivity index (χ4n) is 5.11. The second-order valence-electron chi connectivity index (χ2n) is 9.72. The zero-order valence-electron chi connectivity index (χ0n) is 24.0. The fourth-order valence-corrected chi connectivity index (χ4v) is 6.14. The van der Waals surface area contributed by atoms with Crippen molar-refractivity contribution in [3.05, 3.63) is 126 Å². The van der Waals surface area contributed by atoms with E-state index >= 15 is 0 Å². The molecular weight excluding hydrogens is 553 g/mol. The molecule has 3 aromatic carbocycles. The summed E-state index contributed by atoms with van der Waals surface area (Å²) in [5.41, 5.74) is 2.52. The van der Waals surface area contributed by atoms with Crippen molar-refractivity contribution in [2.24, 2.45) is 4.99 Å². The highest BCUT2D eigenvalue weighted by Crippen LogP contribution is 2.36. The number of halogens is 1. The number of rotatable bonds is 9. The Labute approximate surface area is 247 Å². The van der Waals surface area contributed by atoms with Gasteiger partial charge >= 0.3 is 0 Å². The van der Waals surface area contributed by atoms with Crippen molar-refractivity contribution in [2.45, 2.75) is 33.4 Å². The molecule has 42 heavy (non-hydrogen) atoms. The summed E-state index contributed by atoms with van der Waals surface area (Å²) >= 11 is 1.24. The van der Waals surface area contributed by atoms with Gasteiger partial charge in [-0.2, -0.15) is 0 Å². The predicted molar refractivity (Wildman–Crippen MR) is 162 cm³/mol. The molecule has 1 aromatic heterocycles. The number of para-hydroxylation sites is 2. The van der Waals surface area contributed by atoms with Gasteiger partial charge in [-0.3, -0.25) is 14.2 Å². The van der Waals surface area contributed by atoms with Crippen molar-refractivity contribution < 1.29 is 18.7 Å². The summed E-state index contributed by atoms with van der Waals surface area (Å²) in [5, 5.41) is 0. The van der Waals surface area contributed by atoms with Crippen LogP contribution in [0, 0.1) is 5.82 Å². The number of likely N-dealkylation sites (N-methyl/N-ethyl adjacent to an activating group) is 1. The molecule has 0 N–H and O–H groups in total. The number of thiazole rings is 1. The molecular formula is C33H32FN3O4S. The number of hydrogen-bond acceptors (Lipinski definition) is 6. The van der Waals surface area contributed by atoms with Gasteiger partial charge in [0.05, 0.1) is 22.9 Å². The molecule has 5 rings (SSSR count). The lowest BCUT2D eigenvalue weighted by Crippen LogP contribution is -2.43. The maximum Gasteiger partial charge on any atom is 0.271 e. The predicted octanol–water partition coefficient (Wildman–Crippen LogP) is 4.83. The molecule has 0 radical (unpaired) electrons. The van der Waals surface area contributed by atoms with E-state index in [0.717, 1.165) is 0 Å². The van der Waals surface area contributed by atoms with Crippen LogP contribution in [-0.4, -0.2) is 35.6 Å². The molecule has 0 aliphatic carbocycles. The summed E-state index contributed by atoms with van der Waals surface area (Å²) in [6, 6.07) is 20.5. The smallest absolute Gasteiger partial charge is 0.271 e. The van der Waals surface area contributed by atoms with Crippen molar-refractivity contribution in [1.29, 1.82) is 0 Å². The van der Waals surface area contributed by atoms with Gasteiger partial charge < -0.3 is 14.4 Å². The lowest BCUT2D eigenvalue weighted by molar-refractivity contribution is -0.127. The van der Waals surface area contributed by atoms with Crippen molar-refractivity contribution in [2.75, 3.05) is 20.2 Å². The van der Waals surface area contributed by atoms with Crippen molar-refractivity contribution in [1.82, 2.24) is 9.47 Å². The Morgan fingerprint density at radius 2 is 1.69 bits per heavy atom. The van der Waals surface area contributed by atoms with E-state index in [4.69, 9.17) is 14.5 Å². The number of benzene rings is 3. The fraction of sp³-hybridized carbons (Fsp3) is 0.242. The van der Waals surface area contributed by atoms with E-state index in [-0.39, 0.29) is 23.9 Å². The summed E-state index contributed by atoms with van der Waals surface area (Å²) in [6.07, 6.45) is 1.75. The van der Waals surface area contributed by atoms with E-state index in [0.29, 0.717) is 61.9 Å². The van der Waals surface area contributed by atoms with Gasteiger partial charge in [-0.1, -0.05) is 65.9 Å². The molecule has 216 valence electrons. The molecule has 7 nitrogen and oxygen atoms in total. The lowest BCUT2D eigenvalue weighted by Gasteiger charge is -2.29. The summed E-state index contributed by atoms with van der Waals surface area (Å²) < 4.78 is 27.9. The van der Waals surface area contributed by atoms with Crippen molar-refractivity contribution in [3.63, 3.8) is 0 Å². The van der Waals surface area contributed by atoms with Gasteiger partial charge in [-0.05, 0) is 45.0 Å². The Morgan fingerprint density at radius 1 is 1.02 bits per heavy atom. The first-order valence-corrected chi connectivity index (χ1v) is 14.6. The molecule has 0 fully saturated rings. The second-order valence-corrected chi connectivity index (χ2v) is 10.7. The maximum absolute atomic E-state index is 14.2. The normalized spacial score (nSPS) is 14.8. The Hall–Kier alpha value is -4.50. The van der Waals surface area contributed by atoms with Gasteiger partial charge in [0.25, 0.3) is 11.5 Å². The number of carbonyl (C=O) groups is 1. The maximum atomic E-state index is 14.2.